The van der Waals surface area contributed by atoms with Crippen LogP contribution in [-0.2, 0) is 23.7 Å². The lowest BCUT2D eigenvalue weighted by molar-refractivity contribution is -0.143. The van der Waals surface area contributed by atoms with Crippen LogP contribution in [0.2, 0.25) is 0 Å². The lowest BCUT2D eigenvalue weighted by Gasteiger charge is -2.33. The van der Waals surface area contributed by atoms with Gasteiger partial charge in [0.25, 0.3) is 5.91 Å². The molecule has 3 amide bonds. The molecule has 0 unspecified atom stereocenters. The highest BCUT2D eigenvalue weighted by Gasteiger charge is 2.37. The molecule has 266 valence electrons. The van der Waals surface area contributed by atoms with Crippen molar-refractivity contribution in [3.05, 3.63) is 94.5 Å². The number of piperazine rings is 1. The van der Waals surface area contributed by atoms with Crippen LogP contribution in [-0.4, -0.2) is 70.8 Å². The summed E-state index contributed by atoms with van der Waals surface area (Å²) in [4.78, 5) is 33.6. The molecule has 1 aliphatic heterocycles. The Balaban J connectivity index is 0.00000562. The Morgan fingerprint density at radius 3 is 2.08 bits per heavy atom. The molecular formula is C32H30ClF6N7O3S. The number of urea groups is 1. The molecule has 1 aromatic heterocycles. The van der Waals surface area contributed by atoms with Gasteiger partial charge >= 0.3 is 18.4 Å². The van der Waals surface area contributed by atoms with E-state index in [1.165, 1.54) is 35.8 Å². The molecule has 0 bridgehead atoms. The van der Waals surface area contributed by atoms with Gasteiger partial charge in [-0.25, -0.2) is 15.2 Å². The zero-order chi connectivity index (χ0) is 35.2. The summed E-state index contributed by atoms with van der Waals surface area (Å²) in [6, 6.07) is 12.9. The molecule has 18 heteroatoms. The average Bonchev–Trinajstić information content (AvgIpc) is 3.50. The van der Waals surface area contributed by atoms with Crippen molar-refractivity contribution in [2.75, 3.05) is 43.4 Å². The third-order valence-corrected chi connectivity index (χ3v) is 8.27. The van der Waals surface area contributed by atoms with Crippen LogP contribution >= 0.6 is 23.7 Å². The molecule has 0 spiro atoms. The van der Waals surface area contributed by atoms with Gasteiger partial charge in [-0.1, -0.05) is 12.1 Å². The standard InChI is InChI=1S/C32H29F6N7O3S.ClH/c33-31(34,35)22-13-23(32(36,37)38)15-25(14-22)42-30(48)41-24-7-5-20(6-8-24)29-40-26(19-49-29)17-44-9-11-45(12-10-44)18-28(47)43-39-16-21-3-1-2-4-27(21)46;/h1-8,13-16,19,46H,9-12,17-18H2,(H,43,47)(H2,41,42,48);1H/b39-16+;. The van der Waals surface area contributed by atoms with Crippen molar-refractivity contribution in [3.63, 3.8) is 0 Å². The van der Waals surface area contributed by atoms with Crippen LogP contribution in [0.3, 0.4) is 0 Å². The van der Waals surface area contributed by atoms with Gasteiger partial charge in [0, 0.05) is 60.6 Å². The lowest BCUT2D eigenvalue weighted by atomic mass is 10.1. The number of amides is 3. The summed E-state index contributed by atoms with van der Waals surface area (Å²) in [5.74, 6) is -0.197. The number of para-hydroxylation sites is 1. The minimum Gasteiger partial charge on any atom is -0.507 e. The predicted octanol–water partition coefficient (Wildman–Crippen LogP) is 6.89. The maximum Gasteiger partial charge on any atom is 0.416 e. The number of rotatable bonds is 9. The lowest BCUT2D eigenvalue weighted by Crippen LogP contribution is -2.48. The van der Waals surface area contributed by atoms with Crippen LogP contribution in [0.1, 0.15) is 22.4 Å². The SMILES string of the molecule is Cl.O=C(CN1CCN(Cc2csc(-c3ccc(NC(=O)Nc4cc(C(F)(F)F)cc(C(F)(F)F)c4)cc3)n2)CC1)N/N=C/c1ccccc1O. The smallest absolute Gasteiger partial charge is 0.416 e. The molecule has 4 aromatic rings. The second-order valence-corrected chi connectivity index (χ2v) is 11.9. The fraction of sp³-hybridized carbons (Fsp3) is 0.250. The third kappa shape index (κ3) is 10.6. The van der Waals surface area contributed by atoms with Crippen molar-refractivity contribution in [1.29, 1.82) is 0 Å². The Kier molecular flexibility index (Phi) is 12.4. The fourth-order valence-corrected chi connectivity index (χ4v) is 5.69. The molecule has 1 saturated heterocycles. The highest BCUT2D eigenvalue weighted by Crippen LogP contribution is 2.37. The number of benzene rings is 3. The number of aromatic hydroxyl groups is 1. The highest BCUT2D eigenvalue weighted by molar-refractivity contribution is 7.13. The molecule has 0 saturated carbocycles. The number of hydrogen-bond donors (Lipinski definition) is 4. The average molecular weight is 742 g/mol. The number of carbonyl (C=O) groups is 2. The van der Waals surface area contributed by atoms with Crippen LogP contribution in [0.25, 0.3) is 10.6 Å². The molecule has 2 heterocycles. The number of aromatic nitrogens is 1. The number of thiazole rings is 1. The van der Waals surface area contributed by atoms with E-state index in [1.54, 1.807) is 30.3 Å². The molecule has 1 fully saturated rings. The van der Waals surface area contributed by atoms with Gasteiger partial charge in [0.05, 0.1) is 29.6 Å². The molecule has 0 atom stereocenters. The maximum atomic E-state index is 13.1. The maximum absolute atomic E-state index is 13.1. The predicted molar refractivity (Wildman–Crippen MR) is 179 cm³/mol. The number of alkyl halides is 6. The summed E-state index contributed by atoms with van der Waals surface area (Å²) in [6.45, 7) is 3.58. The first-order chi connectivity index (χ1) is 23.2. The van der Waals surface area contributed by atoms with Crippen molar-refractivity contribution >= 4 is 53.3 Å². The molecule has 4 N–H and O–H groups in total. The van der Waals surface area contributed by atoms with Crippen LogP contribution < -0.4 is 16.1 Å². The first kappa shape index (κ1) is 38.1. The van der Waals surface area contributed by atoms with Crippen molar-refractivity contribution < 1.29 is 41.0 Å². The van der Waals surface area contributed by atoms with Crippen LogP contribution in [0.5, 0.6) is 5.75 Å². The van der Waals surface area contributed by atoms with E-state index in [4.69, 9.17) is 4.98 Å². The van der Waals surface area contributed by atoms with Gasteiger partial charge in [-0.2, -0.15) is 31.4 Å². The molecular weight excluding hydrogens is 712 g/mol. The second kappa shape index (κ2) is 16.3. The van der Waals surface area contributed by atoms with Crippen LogP contribution in [0.15, 0.2) is 77.2 Å². The molecule has 0 aliphatic carbocycles. The third-order valence-electron chi connectivity index (χ3n) is 7.33. The normalized spacial score (nSPS) is 14.3. The molecule has 50 heavy (non-hydrogen) atoms. The fourth-order valence-electron chi connectivity index (χ4n) is 4.87. The van der Waals surface area contributed by atoms with Gasteiger partial charge in [-0.3, -0.25) is 14.6 Å². The molecule has 3 aromatic carbocycles. The number of phenolic OH excluding ortho intramolecular Hbond substituents is 1. The molecule has 0 radical (unpaired) electrons. The summed E-state index contributed by atoms with van der Waals surface area (Å²) in [5.41, 5.74) is 1.08. The first-order valence-corrected chi connectivity index (χ1v) is 15.6. The van der Waals surface area contributed by atoms with Crippen molar-refractivity contribution in [2.45, 2.75) is 18.9 Å². The Labute approximate surface area is 292 Å². The number of carbonyl (C=O) groups excluding carboxylic acids is 2. The van der Waals surface area contributed by atoms with E-state index < -0.39 is 35.2 Å². The molecule has 5 rings (SSSR count). The number of hydrazone groups is 1. The van der Waals surface area contributed by atoms with Gasteiger partial charge in [-0.05, 0) is 54.6 Å². The van der Waals surface area contributed by atoms with E-state index in [1.807, 2.05) is 15.6 Å². The van der Waals surface area contributed by atoms with Crippen molar-refractivity contribution in [1.82, 2.24) is 20.2 Å². The minimum absolute atomic E-state index is 0. The van der Waals surface area contributed by atoms with Crippen LogP contribution in [0, 0.1) is 0 Å². The van der Waals surface area contributed by atoms with Gasteiger partial charge < -0.3 is 15.7 Å². The largest absolute Gasteiger partial charge is 0.507 e. The van der Waals surface area contributed by atoms with E-state index in [-0.39, 0.29) is 42.4 Å². The summed E-state index contributed by atoms with van der Waals surface area (Å²) in [5, 5.41) is 20.7. The number of anilines is 2. The Hall–Kier alpha value is -4.71. The number of nitrogens with zero attached hydrogens (tertiary/aromatic N) is 4. The summed E-state index contributed by atoms with van der Waals surface area (Å²) in [6.07, 6.45) is -8.70. The van der Waals surface area contributed by atoms with Gasteiger partial charge in [-0.15, -0.1) is 23.7 Å². The number of nitrogens with one attached hydrogen (secondary N) is 3. The van der Waals surface area contributed by atoms with E-state index in [0.29, 0.717) is 42.3 Å². The van der Waals surface area contributed by atoms with E-state index >= 15 is 0 Å². The topological polar surface area (TPSA) is 122 Å². The second-order valence-electron chi connectivity index (χ2n) is 11.0. The Morgan fingerprint density at radius 2 is 1.46 bits per heavy atom. The number of hydrogen-bond acceptors (Lipinski definition) is 8. The summed E-state index contributed by atoms with van der Waals surface area (Å²) < 4.78 is 78.7. The Bertz CT molecular complexity index is 1780. The minimum atomic E-state index is -5.04. The quantitative estimate of drug-likeness (QED) is 0.0843. The van der Waals surface area contributed by atoms with Gasteiger partial charge in [0.15, 0.2) is 0 Å². The van der Waals surface area contributed by atoms with Crippen molar-refractivity contribution in [2.24, 2.45) is 5.10 Å². The van der Waals surface area contributed by atoms with Crippen LogP contribution in [0.4, 0.5) is 42.5 Å². The van der Waals surface area contributed by atoms with Crippen molar-refractivity contribution in [3.8, 4) is 16.3 Å². The summed E-state index contributed by atoms with van der Waals surface area (Å²) in [7, 11) is 0. The molecule has 1 aliphatic rings. The number of halogens is 7. The van der Waals surface area contributed by atoms with E-state index in [0.717, 1.165) is 24.3 Å². The van der Waals surface area contributed by atoms with E-state index in [9.17, 15) is 41.0 Å². The first-order valence-electron chi connectivity index (χ1n) is 14.7. The highest BCUT2D eigenvalue weighted by atomic mass is 35.5. The zero-order valence-corrected chi connectivity index (χ0v) is 27.5. The molecule has 10 nitrogen and oxygen atoms in total. The zero-order valence-electron chi connectivity index (χ0n) is 25.9. The summed E-state index contributed by atoms with van der Waals surface area (Å²) >= 11 is 1.42. The number of phenols is 1. The van der Waals surface area contributed by atoms with Gasteiger partial charge in [0.2, 0.25) is 0 Å². The monoisotopic (exact) mass is 741 g/mol. The van der Waals surface area contributed by atoms with E-state index in [2.05, 4.69) is 20.7 Å². The van der Waals surface area contributed by atoms with Gasteiger partial charge in [0.1, 0.15) is 10.8 Å². The Morgan fingerprint density at radius 1 is 0.860 bits per heavy atom.